The topological polar surface area (TPSA) is 70.2 Å². The van der Waals surface area contributed by atoms with Gasteiger partial charge in [0, 0.05) is 32.7 Å². The molecule has 0 bridgehead atoms. The van der Waals surface area contributed by atoms with Crippen molar-refractivity contribution in [1.82, 2.24) is 20.8 Å². The molecular weight excluding hydrogens is 302 g/mol. The molecule has 1 amide bonds. The number of benzene rings is 1. The van der Waals surface area contributed by atoms with Gasteiger partial charge in [0.25, 0.3) is 5.91 Å². The Bertz CT molecular complexity index is 738. The molecule has 1 aromatic heterocycles. The maximum absolute atomic E-state index is 12.2. The van der Waals surface area contributed by atoms with Crippen LogP contribution < -0.4 is 15.5 Å². The van der Waals surface area contributed by atoms with Crippen molar-refractivity contribution in [2.45, 2.75) is 32.5 Å². The molecule has 0 aliphatic carbocycles. The molecule has 2 aromatic rings. The summed E-state index contributed by atoms with van der Waals surface area (Å²) in [6, 6.07) is 9.98. The first-order valence-electron chi connectivity index (χ1n) is 8.48. The summed E-state index contributed by atoms with van der Waals surface area (Å²) in [5.41, 5.74) is 4.12. The van der Waals surface area contributed by atoms with Gasteiger partial charge in [-0.2, -0.15) is 0 Å². The fourth-order valence-electron chi connectivity index (χ4n) is 3.29. The third-order valence-electron chi connectivity index (χ3n) is 4.67. The standard InChI is InChI=1S/C18H21N5O/c24-18(16-5-6-17(22-21-16)23-7-1-2-8-23)20-10-13-3-4-14-11-19-12-15(14)9-13/h3-6,9,19H,1-2,7-8,10-12H2,(H,20,24). The van der Waals surface area contributed by atoms with Gasteiger partial charge in [-0.05, 0) is 41.7 Å². The first-order chi connectivity index (χ1) is 11.8. The molecule has 0 saturated carbocycles. The predicted molar refractivity (Wildman–Crippen MR) is 91.6 cm³/mol. The number of rotatable bonds is 4. The van der Waals surface area contributed by atoms with E-state index >= 15 is 0 Å². The van der Waals surface area contributed by atoms with Crippen LogP contribution in [0.5, 0.6) is 0 Å². The molecule has 124 valence electrons. The van der Waals surface area contributed by atoms with Gasteiger partial charge < -0.3 is 15.5 Å². The van der Waals surface area contributed by atoms with Crippen molar-refractivity contribution in [2.75, 3.05) is 18.0 Å². The molecule has 24 heavy (non-hydrogen) atoms. The number of nitrogens with zero attached hydrogens (tertiary/aromatic N) is 3. The summed E-state index contributed by atoms with van der Waals surface area (Å²) in [4.78, 5) is 14.4. The van der Waals surface area contributed by atoms with E-state index in [-0.39, 0.29) is 5.91 Å². The molecule has 2 aliphatic rings. The summed E-state index contributed by atoms with van der Waals surface area (Å²) in [6.07, 6.45) is 2.39. The second-order valence-electron chi connectivity index (χ2n) is 6.36. The molecule has 2 aliphatic heterocycles. The molecule has 0 radical (unpaired) electrons. The smallest absolute Gasteiger partial charge is 0.272 e. The molecule has 2 N–H and O–H groups in total. The quantitative estimate of drug-likeness (QED) is 0.894. The maximum Gasteiger partial charge on any atom is 0.272 e. The molecule has 1 aromatic carbocycles. The van der Waals surface area contributed by atoms with Gasteiger partial charge in [-0.3, -0.25) is 4.79 Å². The number of nitrogens with one attached hydrogen (secondary N) is 2. The van der Waals surface area contributed by atoms with Crippen LogP contribution in [0.15, 0.2) is 30.3 Å². The lowest BCUT2D eigenvalue weighted by Gasteiger charge is -2.15. The molecule has 3 heterocycles. The van der Waals surface area contributed by atoms with E-state index in [0.29, 0.717) is 12.2 Å². The first-order valence-corrected chi connectivity index (χ1v) is 8.48. The van der Waals surface area contributed by atoms with Gasteiger partial charge in [-0.15, -0.1) is 10.2 Å². The monoisotopic (exact) mass is 323 g/mol. The first kappa shape index (κ1) is 15.1. The second kappa shape index (κ2) is 6.57. The van der Waals surface area contributed by atoms with E-state index in [1.807, 2.05) is 6.07 Å². The van der Waals surface area contributed by atoms with Crippen LogP contribution in [-0.2, 0) is 19.6 Å². The van der Waals surface area contributed by atoms with E-state index in [1.165, 1.54) is 24.0 Å². The van der Waals surface area contributed by atoms with Crippen LogP contribution in [-0.4, -0.2) is 29.2 Å². The van der Waals surface area contributed by atoms with Crippen molar-refractivity contribution in [3.8, 4) is 0 Å². The molecular formula is C18H21N5O. The fraction of sp³-hybridized carbons (Fsp3) is 0.389. The second-order valence-corrected chi connectivity index (χ2v) is 6.36. The van der Waals surface area contributed by atoms with Crippen LogP contribution in [0.4, 0.5) is 5.82 Å². The average Bonchev–Trinajstić information content (AvgIpc) is 3.31. The van der Waals surface area contributed by atoms with Gasteiger partial charge in [0.1, 0.15) is 0 Å². The van der Waals surface area contributed by atoms with Gasteiger partial charge >= 0.3 is 0 Å². The molecule has 6 heteroatoms. The molecule has 1 saturated heterocycles. The summed E-state index contributed by atoms with van der Waals surface area (Å²) >= 11 is 0. The Balaban J connectivity index is 1.37. The lowest BCUT2D eigenvalue weighted by atomic mass is 10.1. The fourth-order valence-corrected chi connectivity index (χ4v) is 3.29. The minimum Gasteiger partial charge on any atom is -0.355 e. The molecule has 1 fully saturated rings. The molecule has 0 unspecified atom stereocenters. The molecule has 0 atom stereocenters. The zero-order chi connectivity index (χ0) is 16.4. The number of hydrogen-bond acceptors (Lipinski definition) is 5. The third-order valence-corrected chi connectivity index (χ3v) is 4.67. The highest BCUT2D eigenvalue weighted by molar-refractivity contribution is 5.92. The van der Waals surface area contributed by atoms with Crippen molar-refractivity contribution in [1.29, 1.82) is 0 Å². The number of amides is 1. The Labute approximate surface area is 141 Å². The molecule has 6 nitrogen and oxygen atoms in total. The van der Waals surface area contributed by atoms with E-state index < -0.39 is 0 Å². The molecule has 0 spiro atoms. The van der Waals surface area contributed by atoms with Crippen molar-refractivity contribution in [2.24, 2.45) is 0 Å². The number of carbonyl (C=O) groups is 1. The number of aromatic nitrogens is 2. The highest BCUT2D eigenvalue weighted by Crippen LogP contribution is 2.18. The van der Waals surface area contributed by atoms with E-state index in [0.717, 1.165) is 37.6 Å². The Hall–Kier alpha value is -2.47. The van der Waals surface area contributed by atoms with Crippen LogP contribution >= 0.6 is 0 Å². The van der Waals surface area contributed by atoms with E-state index in [4.69, 9.17) is 0 Å². The lowest BCUT2D eigenvalue weighted by molar-refractivity contribution is 0.0945. The van der Waals surface area contributed by atoms with Gasteiger partial charge in [-0.1, -0.05) is 18.2 Å². The Morgan fingerprint density at radius 2 is 1.92 bits per heavy atom. The molecule has 4 rings (SSSR count). The van der Waals surface area contributed by atoms with Gasteiger partial charge in [0.05, 0.1) is 0 Å². The minimum atomic E-state index is -0.186. The number of anilines is 1. The Kier molecular flexibility index (Phi) is 4.13. The van der Waals surface area contributed by atoms with E-state index in [1.54, 1.807) is 6.07 Å². The lowest BCUT2D eigenvalue weighted by Crippen LogP contribution is -2.25. The van der Waals surface area contributed by atoms with Crippen LogP contribution in [0.3, 0.4) is 0 Å². The van der Waals surface area contributed by atoms with Crippen molar-refractivity contribution >= 4 is 11.7 Å². The maximum atomic E-state index is 12.2. The Morgan fingerprint density at radius 3 is 2.71 bits per heavy atom. The van der Waals surface area contributed by atoms with Crippen LogP contribution in [0.1, 0.15) is 40.0 Å². The third kappa shape index (κ3) is 3.10. The van der Waals surface area contributed by atoms with Crippen molar-refractivity contribution in [3.63, 3.8) is 0 Å². The van der Waals surface area contributed by atoms with E-state index in [2.05, 4.69) is 43.9 Å². The largest absolute Gasteiger partial charge is 0.355 e. The SMILES string of the molecule is O=C(NCc1ccc2c(c1)CNC2)c1ccc(N2CCCC2)nn1. The van der Waals surface area contributed by atoms with Gasteiger partial charge in [-0.25, -0.2) is 0 Å². The predicted octanol–water partition coefficient (Wildman–Crippen LogP) is 1.61. The number of hydrogen-bond donors (Lipinski definition) is 2. The van der Waals surface area contributed by atoms with Gasteiger partial charge in [0.15, 0.2) is 11.5 Å². The summed E-state index contributed by atoms with van der Waals surface area (Å²) in [5, 5.41) is 14.5. The van der Waals surface area contributed by atoms with Crippen LogP contribution in [0.25, 0.3) is 0 Å². The zero-order valence-electron chi connectivity index (χ0n) is 13.6. The summed E-state index contributed by atoms with van der Waals surface area (Å²) < 4.78 is 0. The van der Waals surface area contributed by atoms with Crippen LogP contribution in [0.2, 0.25) is 0 Å². The highest BCUT2D eigenvalue weighted by Gasteiger charge is 2.15. The summed E-state index contributed by atoms with van der Waals surface area (Å²) in [6.45, 7) is 4.38. The average molecular weight is 323 g/mol. The van der Waals surface area contributed by atoms with Crippen LogP contribution in [0, 0.1) is 0 Å². The summed E-state index contributed by atoms with van der Waals surface area (Å²) in [5.74, 6) is 0.671. The highest BCUT2D eigenvalue weighted by atomic mass is 16.1. The summed E-state index contributed by atoms with van der Waals surface area (Å²) in [7, 11) is 0. The Morgan fingerprint density at radius 1 is 1.08 bits per heavy atom. The van der Waals surface area contributed by atoms with Crippen molar-refractivity contribution in [3.05, 3.63) is 52.7 Å². The van der Waals surface area contributed by atoms with Crippen molar-refractivity contribution < 1.29 is 4.79 Å². The normalized spacial score (nSPS) is 16.2. The van der Waals surface area contributed by atoms with Gasteiger partial charge in [0.2, 0.25) is 0 Å². The number of carbonyl (C=O) groups excluding carboxylic acids is 1. The van der Waals surface area contributed by atoms with E-state index in [9.17, 15) is 4.79 Å². The number of fused-ring (bicyclic) bond motifs is 1. The zero-order valence-corrected chi connectivity index (χ0v) is 13.6. The minimum absolute atomic E-state index is 0.186.